The second kappa shape index (κ2) is 6.75. The molecule has 5 rings (SSSR count). The summed E-state index contributed by atoms with van der Waals surface area (Å²) < 4.78 is 0. The molecule has 0 bridgehead atoms. The molecule has 3 aromatic carbocycles. The van der Waals surface area contributed by atoms with Gasteiger partial charge in [0.15, 0.2) is 0 Å². The molecule has 0 saturated carbocycles. The smallest absolute Gasteiger partial charge is 0.279 e. The zero-order valence-electron chi connectivity index (χ0n) is 16.0. The van der Waals surface area contributed by atoms with Gasteiger partial charge >= 0.3 is 0 Å². The first-order valence-electron chi connectivity index (χ1n) is 9.57. The van der Waals surface area contributed by atoms with Crippen molar-refractivity contribution in [2.75, 3.05) is 21.7 Å². The second-order valence-electron chi connectivity index (χ2n) is 7.22. The Balaban J connectivity index is 1.82. The van der Waals surface area contributed by atoms with Crippen molar-refractivity contribution in [2.45, 2.75) is 5.66 Å². The number of hydrogen-bond acceptors (Lipinski definition) is 3. The Hall–Kier alpha value is -3.57. The monoisotopic (exact) mass is 415 g/mol. The van der Waals surface area contributed by atoms with Gasteiger partial charge in [-0.05, 0) is 42.5 Å². The molecule has 0 fully saturated rings. The van der Waals surface area contributed by atoms with Crippen LogP contribution in [0.3, 0.4) is 0 Å². The quantitative estimate of drug-likeness (QED) is 0.625. The number of carbonyl (C=O) groups is 2. The van der Waals surface area contributed by atoms with Crippen LogP contribution in [0.25, 0.3) is 0 Å². The summed E-state index contributed by atoms with van der Waals surface area (Å²) in [5.41, 5.74) is 1.77. The summed E-state index contributed by atoms with van der Waals surface area (Å²) in [7, 11) is 0. The average molecular weight is 416 g/mol. The molecule has 2 aliphatic heterocycles. The van der Waals surface area contributed by atoms with Crippen LogP contribution in [0, 0.1) is 0 Å². The van der Waals surface area contributed by atoms with Crippen LogP contribution in [0.15, 0.2) is 85.5 Å². The van der Waals surface area contributed by atoms with Gasteiger partial charge in [-0.1, -0.05) is 48.0 Å². The summed E-state index contributed by atoms with van der Waals surface area (Å²) >= 11 is 6.09. The molecule has 2 amide bonds. The number of para-hydroxylation sites is 2. The van der Waals surface area contributed by atoms with Crippen LogP contribution < -0.4 is 15.1 Å². The van der Waals surface area contributed by atoms with Gasteiger partial charge in [0.1, 0.15) is 0 Å². The Bertz CT molecular complexity index is 1190. The van der Waals surface area contributed by atoms with Crippen LogP contribution in [-0.2, 0) is 10.5 Å². The van der Waals surface area contributed by atoms with E-state index in [1.165, 1.54) is 4.90 Å². The van der Waals surface area contributed by atoms with Gasteiger partial charge in [-0.3, -0.25) is 14.5 Å². The molecule has 0 aromatic heterocycles. The summed E-state index contributed by atoms with van der Waals surface area (Å²) in [6.45, 7) is 4.13. The number of carbonyl (C=O) groups excluding carboxylic acids is 2. The maximum absolute atomic E-state index is 13.9. The van der Waals surface area contributed by atoms with Gasteiger partial charge in [0.05, 0.1) is 11.3 Å². The highest BCUT2D eigenvalue weighted by Crippen LogP contribution is 2.49. The van der Waals surface area contributed by atoms with Crippen molar-refractivity contribution in [1.29, 1.82) is 0 Å². The van der Waals surface area contributed by atoms with Crippen LogP contribution in [0.1, 0.15) is 15.9 Å². The van der Waals surface area contributed by atoms with Crippen LogP contribution in [-0.4, -0.2) is 18.4 Å². The topological polar surface area (TPSA) is 52.7 Å². The maximum Gasteiger partial charge on any atom is 0.279 e. The maximum atomic E-state index is 13.9. The fourth-order valence-corrected chi connectivity index (χ4v) is 4.41. The van der Waals surface area contributed by atoms with Gasteiger partial charge in [0, 0.05) is 28.5 Å². The number of nitrogens with one attached hydrogen (secondary N) is 1. The normalized spacial score (nSPS) is 19.5. The molecule has 1 N–H and O–H groups in total. The Morgan fingerprint density at radius 1 is 0.967 bits per heavy atom. The van der Waals surface area contributed by atoms with Crippen molar-refractivity contribution in [3.8, 4) is 0 Å². The lowest BCUT2D eigenvalue weighted by atomic mass is 9.92. The van der Waals surface area contributed by atoms with E-state index in [4.69, 9.17) is 11.6 Å². The molecule has 6 heteroatoms. The molecule has 148 valence electrons. The van der Waals surface area contributed by atoms with Crippen molar-refractivity contribution >= 4 is 40.5 Å². The van der Waals surface area contributed by atoms with Crippen molar-refractivity contribution in [3.05, 3.63) is 102 Å². The van der Waals surface area contributed by atoms with E-state index in [2.05, 4.69) is 11.9 Å². The van der Waals surface area contributed by atoms with Crippen LogP contribution in [0.2, 0.25) is 5.02 Å². The predicted molar refractivity (Wildman–Crippen MR) is 119 cm³/mol. The van der Waals surface area contributed by atoms with E-state index >= 15 is 0 Å². The van der Waals surface area contributed by atoms with Crippen LogP contribution in [0.5, 0.6) is 0 Å². The number of amides is 2. The molecular weight excluding hydrogens is 398 g/mol. The first-order valence-corrected chi connectivity index (χ1v) is 9.95. The summed E-state index contributed by atoms with van der Waals surface area (Å²) in [5.74, 6) is -0.489. The van der Waals surface area contributed by atoms with Gasteiger partial charge in [0.25, 0.3) is 11.8 Å². The third kappa shape index (κ3) is 2.42. The van der Waals surface area contributed by atoms with Crippen LogP contribution in [0.4, 0.5) is 17.1 Å². The molecule has 2 aliphatic rings. The Labute approximate surface area is 179 Å². The number of rotatable bonds is 3. The van der Waals surface area contributed by atoms with Crippen molar-refractivity contribution < 1.29 is 9.59 Å². The van der Waals surface area contributed by atoms with E-state index in [0.29, 0.717) is 28.5 Å². The molecule has 30 heavy (non-hydrogen) atoms. The van der Waals surface area contributed by atoms with Gasteiger partial charge < -0.3 is 10.2 Å². The Morgan fingerprint density at radius 3 is 2.43 bits per heavy atom. The molecule has 1 atom stereocenters. The first-order chi connectivity index (χ1) is 14.6. The summed E-state index contributed by atoms with van der Waals surface area (Å²) in [5, 5.41) is 3.96. The highest BCUT2D eigenvalue weighted by atomic mass is 35.5. The fourth-order valence-electron chi connectivity index (χ4n) is 4.29. The van der Waals surface area contributed by atoms with Gasteiger partial charge in [-0.25, -0.2) is 0 Å². The minimum Gasteiger partial charge on any atom is -0.350 e. The van der Waals surface area contributed by atoms with Crippen molar-refractivity contribution in [2.24, 2.45) is 0 Å². The molecule has 0 aliphatic carbocycles. The highest BCUT2D eigenvalue weighted by molar-refractivity contribution is 6.30. The molecule has 2 heterocycles. The fraction of sp³-hybridized carbons (Fsp3) is 0.0833. The third-order valence-electron chi connectivity index (χ3n) is 5.55. The number of fused-ring (bicyclic) bond motifs is 3. The van der Waals surface area contributed by atoms with Gasteiger partial charge in [-0.2, -0.15) is 0 Å². The van der Waals surface area contributed by atoms with Crippen molar-refractivity contribution in [1.82, 2.24) is 0 Å². The van der Waals surface area contributed by atoms with E-state index in [1.807, 2.05) is 42.5 Å². The number of halogens is 1. The molecule has 5 nitrogen and oxygen atoms in total. The number of anilines is 3. The summed E-state index contributed by atoms with van der Waals surface area (Å²) in [6, 6.07) is 21.7. The number of hydrogen-bond donors (Lipinski definition) is 1. The molecule has 1 spiro atoms. The van der Waals surface area contributed by atoms with E-state index in [0.717, 1.165) is 11.3 Å². The molecule has 0 unspecified atom stereocenters. The molecule has 0 radical (unpaired) electrons. The Kier molecular flexibility index (Phi) is 4.15. The van der Waals surface area contributed by atoms with E-state index < -0.39 is 5.66 Å². The lowest BCUT2D eigenvalue weighted by Gasteiger charge is -2.45. The SMILES string of the molecule is C=CCN1C(=O)[C@]2(Nc3ccccc3C(=O)N2c2ccc(Cl)cc2)c2ccccc21. The number of benzene rings is 3. The lowest BCUT2D eigenvalue weighted by molar-refractivity contribution is -0.122. The van der Waals surface area contributed by atoms with Crippen LogP contribution >= 0.6 is 11.6 Å². The minimum atomic E-state index is -1.40. The first kappa shape index (κ1) is 18.5. The van der Waals surface area contributed by atoms with E-state index in [-0.39, 0.29) is 11.8 Å². The van der Waals surface area contributed by atoms with E-state index in [9.17, 15) is 9.59 Å². The Morgan fingerprint density at radius 2 is 1.67 bits per heavy atom. The summed E-state index contributed by atoms with van der Waals surface area (Å²) in [4.78, 5) is 30.9. The predicted octanol–water partition coefficient (Wildman–Crippen LogP) is 4.80. The highest BCUT2D eigenvalue weighted by Gasteiger charge is 2.59. The molecule has 0 saturated heterocycles. The third-order valence-corrected chi connectivity index (χ3v) is 5.80. The van der Waals surface area contributed by atoms with E-state index in [1.54, 1.807) is 41.3 Å². The number of nitrogens with zero attached hydrogens (tertiary/aromatic N) is 2. The van der Waals surface area contributed by atoms with Gasteiger partial charge in [-0.15, -0.1) is 6.58 Å². The lowest BCUT2D eigenvalue weighted by Crippen LogP contribution is -2.63. The van der Waals surface area contributed by atoms with Crippen molar-refractivity contribution in [3.63, 3.8) is 0 Å². The largest absolute Gasteiger partial charge is 0.350 e. The average Bonchev–Trinajstić information content (AvgIpc) is 2.99. The molecule has 3 aromatic rings. The standard InChI is InChI=1S/C24H18ClN3O2/c1-2-15-27-21-10-6-4-8-19(21)24(23(27)30)26-20-9-5-3-7-18(20)22(29)28(24)17-13-11-16(25)12-14-17/h2-14,26H,1,15H2/t24-/m0/s1. The van der Waals surface area contributed by atoms with Gasteiger partial charge in [0.2, 0.25) is 5.66 Å². The summed E-state index contributed by atoms with van der Waals surface area (Å²) in [6.07, 6.45) is 1.68. The minimum absolute atomic E-state index is 0.235. The zero-order valence-corrected chi connectivity index (χ0v) is 16.8. The second-order valence-corrected chi connectivity index (χ2v) is 7.66. The molecular formula is C24H18ClN3O2. The zero-order chi connectivity index (χ0) is 20.9.